The van der Waals surface area contributed by atoms with E-state index in [4.69, 9.17) is 11.6 Å². The van der Waals surface area contributed by atoms with Crippen LogP contribution >= 0.6 is 11.6 Å². The number of aromatic nitrogens is 3. The summed E-state index contributed by atoms with van der Waals surface area (Å²) in [4.78, 5) is 16.1. The van der Waals surface area contributed by atoms with Crippen molar-refractivity contribution in [2.45, 2.75) is 26.4 Å². The van der Waals surface area contributed by atoms with E-state index in [2.05, 4.69) is 15.4 Å². The fourth-order valence-corrected chi connectivity index (χ4v) is 2.03. The van der Waals surface area contributed by atoms with Gasteiger partial charge in [-0.3, -0.25) is 4.79 Å². The molecule has 1 N–H and O–H groups in total. The molecule has 0 spiro atoms. The zero-order valence-corrected chi connectivity index (χ0v) is 11.9. The highest BCUT2D eigenvalue weighted by Gasteiger charge is 2.18. The Morgan fingerprint density at radius 3 is 3.00 bits per heavy atom. The highest BCUT2D eigenvalue weighted by atomic mass is 35.5. The van der Waals surface area contributed by atoms with E-state index >= 15 is 0 Å². The molecule has 1 amide bonds. The van der Waals surface area contributed by atoms with Crippen LogP contribution in [-0.2, 0) is 6.54 Å². The lowest BCUT2D eigenvalue weighted by atomic mass is 10.2. The van der Waals surface area contributed by atoms with Crippen LogP contribution in [0.3, 0.4) is 0 Å². The number of carbonyl (C=O) groups excluding carboxylic acids is 1. The Bertz CT molecular complexity index is 629. The average Bonchev–Trinajstić information content (AvgIpc) is 2.89. The third-order valence-electron chi connectivity index (χ3n) is 2.85. The van der Waals surface area contributed by atoms with Gasteiger partial charge in [-0.2, -0.15) is 5.10 Å². The van der Waals surface area contributed by atoms with Crippen molar-refractivity contribution >= 4 is 17.5 Å². The van der Waals surface area contributed by atoms with Crippen molar-refractivity contribution < 1.29 is 9.18 Å². The average molecular weight is 297 g/mol. The summed E-state index contributed by atoms with van der Waals surface area (Å²) in [6, 6.07) is 3.47. The van der Waals surface area contributed by atoms with Crippen LogP contribution in [0.5, 0.6) is 0 Å². The predicted molar refractivity (Wildman–Crippen MR) is 73.0 cm³/mol. The fourth-order valence-electron chi connectivity index (χ4n) is 1.86. The summed E-state index contributed by atoms with van der Waals surface area (Å²) in [5.41, 5.74) is -0.0908. The Labute approximate surface area is 120 Å². The topological polar surface area (TPSA) is 59.8 Å². The number of halogens is 2. The van der Waals surface area contributed by atoms with Crippen molar-refractivity contribution in [1.82, 2.24) is 20.1 Å². The number of hydrogen-bond donors (Lipinski definition) is 1. The van der Waals surface area contributed by atoms with E-state index in [-0.39, 0.29) is 11.6 Å². The van der Waals surface area contributed by atoms with Crippen LogP contribution in [0.2, 0.25) is 5.02 Å². The van der Waals surface area contributed by atoms with Gasteiger partial charge in [0.25, 0.3) is 5.91 Å². The smallest absolute Gasteiger partial charge is 0.254 e. The van der Waals surface area contributed by atoms with Gasteiger partial charge >= 0.3 is 0 Å². The summed E-state index contributed by atoms with van der Waals surface area (Å²) in [5, 5.41) is 7.01. The molecule has 2 rings (SSSR count). The molecule has 0 saturated carbocycles. The maximum atomic E-state index is 13.6. The molecule has 1 atom stereocenters. The zero-order valence-electron chi connectivity index (χ0n) is 11.1. The fraction of sp³-hybridized carbons (Fsp3) is 0.308. The Balaban J connectivity index is 2.17. The minimum absolute atomic E-state index is 0.0908. The number of nitrogens with one attached hydrogen (secondary N) is 1. The molecule has 20 heavy (non-hydrogen) atoms. The molecule has 2 aromatic rings. The van der Waals surface area contributed by atoms with Gasteiger partial charge in [-0.15, -0.1) is 0 Å². The van der Waals surface area contributed by atoms with Gasteiger partial charge in [0.1, 0.15) is 18.0 Å². The summed E-state index contributed by atoms with van der Waals surface area (Å²) in [7, 11) is 0. The number of carbonyl (C=O) groups is 1. The SMILES string of the molecule is CCn1ncnc1[C@H](C)NC(=O)c1cc(Cl)ccc1F. The third-order valence-corrected chi connectivity index (χ3v) is 3.09. The molecule has 0 saturated heterocycles. The summed E-state index contributed by atoms with van der Waals surface area (Å²) in [5.74, 6) is -0.539. The molecule has 1 aromatic heterocycles. The van der Waals surface area contributed by atoms with Crippen LogP contribution in [-0.4, -0.2) is 20.7 Å². The quantitative estimate of drug-likeness (QED) is 0.943. The molecule has 0 aliphatic carbocycles. The van der Waals surface area contributed by atoms with Gasteiger partial charge in [-0.1, -0.05) is 11.6 Å². The highest BCUT2D eigenvalue weighted by molar-refractivity contribution is 6.31. The molecule has 1 heterocycles. The molecule has 0 unspecified atom stereocenters. The molecule has 0 aliphatic heterocycles. The van der Waals surface area contributed by atoms with Crippen LogP contribution in [0.15, 0.2) is 24.5 Å². The number of benzene rings is 1. The van der Waals surface area contributed by atoms with Crippen LogP contribution in [0, 0.1) is 5.82 Å². The van der Waals surface area contributed by atoms with Crippen molar-refractivity contribution in [1.29, 1.82) is 0 Å². The first-order valence-corrected chi connectivity index (χ1v) is 6.54. The largest absolute Gasteiger partial charge is 0.342 e. The van der Waals surface area contributed by atoms with E-state index in [0.29, 0.717) is 17.4 Å². The predicted octanol–water partition coefficient (Wildman–Crippen LogP) is 2.58. The second-order valence-corrected chi connectivity index (χ2v) is 4.69. The van der Waals surface area contributed by atoms with Crippen LogP contribution in [0.4, 0.5) is 4.39 Å². The lowest BCUT2D eigenvalue weighted by Crippen LogP contribution is -2.29. The monoisotopic (exact) mass is 296 g/mol. The van der Waals surface area contributed by atoms with Crippen LogP contribution in [0.1, 0.15) is 36.1 Å². The minimum atomic E-state index is -0.615. The molecule has 0 fully saturated rings. The maximum absolute atomic E-state index is 13.6. The van der Waals surface area contributed by atoms with Gasteiger partial charge < -0.3 is 5.32 Å². The lowest BCUT2D eigenvalue weighted by Gasteiger charge is -2.14. The van der Waals surface area contributed by atoms with Crippen molar-refractivity contribution in [3.05, 3.63) is 46.8 Å². The second-order valence-electron chi connectivity index (χ2n) is 4.25. The van der Waals surface area contributed by atoms with Gasteiger partial charge in [0.05, 0.1) is 11.6 Å². The van der Waals surface area contributed by atoms with E-state index in [0.717, 1.165) is 6.07 Å². The Morgan fingerprint density at radius 2 is 2.30 bits per heavy atom. The molecule has 1 aromatic carbocycles. The van der Waals surface area contributed by atoms with E-state index in [9.17, 15) is 9.18 Å². The molecular weight excluding hydrogens is 283 g/mol. The van der Waals surface area contributed by atoms with E-state index in [1.165, 1.54) is 18.5 Å². The van der Waals surface area contributed by atoms with Crippen molar-refractivity contribution in [2.75, 3.05) is 0 Å². The molecule has 7 heteroatoms. The number of amides is 1. The summed E-state index contributed by atoms with van der Waals surface area (Å²) in [6.07, 6.45) is 1.42. The Hall–Kier alpha value is -1.95. The first-order valence-electron chi connectivity index (χ1n) is 6.16. The maximum Gasteiger partial charge on any atom is 0.254 e. The molecule has 5 nitrogen and oxygen atoms in total. The first-order chi connectivity index (χ1) is 9.52. The minimum Gasteiger partial charge on any atom is -0.342 e. The molecule has 0 aliphatic rings. The number of hydrogen-bond acceptors (Lipinski definition) is 3. The Kier molecular flexibility index (Phi) is 4.34. The van der Waals surface area contributed by atoms with Gasteiger partial charge in [-0.25, -0.2) is 14.1 Å². The van der Waals surface area contributed by atoms with Crippen LogP contribution in [0.25, 0.3) is 0 Å². The standard InChI is InChI=1S/C13H14ClFN4O/c1-3-19-12(16-7-17-19)8(2)18-13(20)10-6-9(14)4-5-11(10)15/h4-8H,3H2,1-2H3,(H,18,20)/t8-/m0/s1. The lowest BCUT2D eigenvalue weighted by molar-refractivity contribution is 0.0933. The highest BCUT2D eigenvalue weighted by Crippen LogP contribution is 2.16. The summed E-state index contributed by atoms with van der Waals surface area (Å²) >= 11 is 5.77. The van der Waals surface area contributed by atoms with Crippen molar-refractivity contribution in [2.24, 2.45) is 0 Å². The molecule has 0 radical (unpaired) electrons. The van der Waals surface area contributed by atoms with E-state index < -0.39 is 11.7 Å². The normalized spacial score (nSPS) is 12.2. The third kappa shape index (κ3) is 2.96. The molecule has 0 bridgehead atoms. The summed E-state index contributed by atoms with van der Waals surface area (Å²) in [6.45, 7) is 4.32. The molecule has 106 valence electrons. The van der Waals surface area contributed by atoms with Gasteiger partial charge in [0.15, 0.2) is 0 Å². The second kappa shape index (κ2) is 6.00. The van der Waals surface area contributed by atoms with Crippen LogP contribution < -0.4 is 5.32 Å². The number of rotatable bonds is 4. The van der Waals surface area contributed by atoms with Gasteiger partial charge in [0, 0.05) is 11.6 Å². The van der Waals surface area contributed by atoms with Crippen molar-refractivity contribution in [3.8, 4) is 0 Å². The number of aryl methyl sites for hydroxylation is 1. The summed E-state index contributed by atoms with van der Waals surface area (Å²) < 4.78 is 15.3. The van der Waals surface area contributed by atoms with Crippen molar-refractivity contribution in [3.63, 3.8) is 0 Å². The van der Waals surface area contributed by atoms with E-state index in [1.807, 2.05) is 6.92 Å². The van der Waals surface area contributed by atoms with Gasteiger partial charge in [0.2, 0.25) is 0 Å². The van der Waals surface area contributed by atoms with E-state index in [1.54, 1.807) is 11.6 Å². The molecular formula is C13H14ClFN4O. The number of nitrogens with zero attached hydrogens (tertiary/aromatic N) is 3. The Morgan fingerprint density at radius 1 is 1.55 bits per heavy atom. The zero-order chi connectivity index (χ0) is 14.7. The first kappa shape index (κ1) is 14.5. The van der Waals surface area contributed by atoms with Gasteiger partial charge in [-0.05, 0) is 32.0 Å².